The minimum Gasteiger partial charge on any atom is -0.348 e. The number of amides is 1. The van der Waals surface area contributed by atoms with Gasteiger partial charge in [-0.25, -0.2) is 18.1 Å². The molecule has 0 spiro atoms. The summed E-state index contributed by atoms with van der Waals surface area (Å²) >= 11 is 0. The number of sulfonamides is 1. The highest BCUT2D eigenvalue weighted by atomic mass is 32.2. The first kappa shape index (κ1) is 25.6. The number of anilines is 2. The van der Waals surface area contributed by atoms with Gasteiger partial charge in [0.25, 0.3) is 5.91 Å². The maximum atomic E-state index is 13.1. The highest BCUT2D eigenvalue weighted by Crippen LogP contribution is 2.35. The van der Waals surface area contributed by atoms with Gasteiger partial charge in [0.15, 0.2) is 0 Å². The van der Waals surface area contributed by atoms with Gasteiger partial charge in [0.2, 0.25) is 10.0 Å². The van der Waals surface area contributed by atoms with Crippen molar-refractivity contribution >= 4 is 27.4 Å². The smallest absolute Gasteiger partial charge is 0.255 e. The van der Waals surface area contributed by atoms with Crippen LogP contribution in [0.1, 0.15) is 52.0 Å². The zero-order valence-electron chi connectivity index (χ0n) is 21.0. The largest absolute Gasteiger partial charge is 0.348 e. The van der Waals surface area contributed by atoms with Crippen LogP contribution >= 0.6 is 0 Å². The first-order valence-corrected chi connectivity index (χ1v) is 14.0. The Labute approximate surface area is 222 Å². The summed E-state index contributed by atoms with van der Waals surface area (Å²) in [5, 5.41) is 6.15. The Bertz CT molecular complexity index is 1540. The number of nitrogens with zero attached hydrogens (tertiary/aromatic N) is 2. The Morgan fingerprint density at radius 1 is 1.00 bits per heavy atom. The van der Waals surface area contributed by atoms with Gasteiger partial charge in [-0.3, -0.25) is 9.78 Å². The monoisotopic (exact) mass is 527 g/mol. The minimum absolute atomic E-state index is 0.257. The Balaban J connectivity index is 1.32. The van der Waals surface area contributed by atoms with Crippen LogP contribution in [-0.4, -0.2) is 24.3 Å². The molecule has 38 heavy (non-hydrogen) atoms. The normalized spacial score (nSPS) is 14.6. The van der Waals surface area contributed by atoms with Crippen LogP contribution in [0.4, 0.5) is 11.5 Å². The van der Waals surface area contributed by atoms with Crippen LogP contribution in [0.5, 0.6) is 0 Å². The molecule has 1 aliphatic rings. The molecule has 5 rings (SSSR count). The lowest BCUT2D eigenvalue weighted by atomic mass is 10.1. The maximum absolute atomic E-state index is 13.1. The van der Waals surface area contributed by atoms with E-state index in [1.54, 1.807) is 42.9 Å². The summed E-state index contributed by atoms with van der Waals surface area (Å²) < 4.78 is 29.0. The molecule has 0 saturated carbocycles. The van der Waals surface area contributed by atoms with Crippen molar-refractivity contribution in [2.24, 2.45) is 0 Å². The molecule has 4 aromatic rings. The molecule has 2 aromatic heterocycles. The lowest BCUT2D eigenvalue weighted by Crippen LogP contribution is -2.27. The third kappa shape index (κ3) is 5.74. The number of aromatic nitrogens is 2. The molecule has 0 aliphatic heterocycles. The maximum Gasteiger partial charge on any atom is 0.255 e. The average molecular weight is 528 g/mol. The van der Waals surface area contributed by atoms with Crippen LogP contribution in [0.25, 0.3) is 0 Å². The number of carbonyl (C=O) groups is 1. The van der Waals surface area contributed by atoms with Gasteiger partial charge in [-0.05, 0) is 84.0 Å². The summed E-state index contributed by atoms with van der Waals surface area (Å²) in [6, 6.07) is 19.6. The number of aryl methyl sites for hydroxylation is 2. The molecule has 1 unspecified atom stereocenters. The van der Waals surface area contributed by atoms with Gasteiger partial charge in [0.1, 0.15) is 5.82 Å². The van der Waals surface area contributed by atoms with Crippen LogP contribution in [0, 0.1) is 0 Å². The number of benzene rings is 2. The molecule has 1 amide bonds. The second-order valence-corrected chi connectivity index (χ2v) is 10.9. The Morgan fingerprint density at radius 2 is 1.82 bits per heavy atom. The van der Waals surface area contributed by atoms with E-state index >= 15 is 0 Å². The van der Waals surface area contributed by atoms with Crippen molar-refractivity contribution in [1.82, 2.24) is 20.0 Å². The molecule has 0 bridgehead atoms. The van der Waals surface area contributed by atoms with Crippen molar-refractivity contribution in [2.45, 2.75) is 43.7 Å². The molecule has 0 saturated heterocycles. The first-order chi connectivity index (χ1) is 18.4. The van der Waals surface area contributed by atoms with E-state index in [1.807, 2.05) is 49.4 Å². The van der Waals surface area contributed by atoms with E-state index in [9.17, 15) is 13.2 Å². The number of carbonyl (C=O) groups excluding carboxylic acids is 1. The second kappa shape index (κ2) is 11.1. The number of rotatable bonds is 9. The van der Waals surface area contributed by atoms with Crippen LogP contribution in [0.15, 0.2) is 90.2 Å². The van der Waals surface area contributed by atoms with Crippen molar-refractivity contribution in [3.05, 3.63) is 113 Å². The highest BCUT2D eigenvalue weighted by Gasteiger charge is 2.28. The lowest BCUT2D eigenvalue weighted by molar-refractivity contribution is 0.0951. The Kier molecular flexibility index (Phi) is 7.48. The summed E-state index contributed by atoms with van der Waals surface area (Å²) in [5.41, 5.74) is 5.13. The molecule has 0 fully saturated rings. The van der Waals surface area contributed by atoms with E-state index in [0.717, 1.165) is 40.8 Å². The van der Waals surface area contributed by atoms with Crippen molar-refractivity contribution < 1.29 is 13.2 Å². The second-order valence-electron chi connectivity index (χ2n) is 9.19. The number of pyridine rings is 2. The van der Waals surface area contributed by atoms with E-state index in [1.165, 1.54) is 0 Å². The molecular formula is C29H29N5O3S. The predicted molar refractivity (Wildman–Crippen MR) is 147 cm³/mol. The zero-order chi connectivity index (χ0) is 26.5. The van der Waals surface area contributed by atoms with E-state index in [-0.39, 0.29) is 16.8 Å². The molecule has 1 aliphatic carbocycles. The molecule has 2 aromatic carbocycles. The van der Waals surface area contributed by atoms with E-state index < -0.39 is 10.0 Å². The summed E-state index contributed by atoms with van der Waals surface area (Å²) in [5.74, 6) is 0.160. The molecule has 3 N–H and O–H groups in total. The van der Waals surface area contributed by atoms with Gasteiger partial charge < -0.3 is 10.6 Å². The zero-order valence-corrected chi connectivity index (χ0v) is 21.8. The Morgan fingerprint density at radius 3 is 2.58 bits per heavy atom. The van der Waals surface area contributed by atoms with Crippen LogP contribution in [0.2, 0.25) is 0 Å². The topological polar surface area (TPSA) is 113 Å². The van der Waals surface area contributed by atoms with Crippen molar-refractivity contribution in [2.75, 3.05) is 5.32 Å². The van der Waals surface area contributed by atoms with Crippen molar-refractivity contribution in [3.63, 3.8) is 0 Å². The summed E-state index contributed by atoms with van der Waals surface area (Å²) in [4.78, 5) is 21.6. The molecule has 1 atom stereocenters. The minimum atomic E-state index is -3.67. The van der Waals surface area contributed by atoms with E-state index in [4.69, 9.17) is 0 Å². The molecular weight excluding hydrogens is 498 g/mol. The SMILES string of the molecule is CCc1ccc(S(=O)(=O)NC2CCc3ccc(Nc4ncccc4C(=O)NCc4cccnc4)cc32)cc1. The van der Waals surface area contributed by atoms with Crippen molar-refractivity contribution in [3.8, 4) is 0 Å². The third-order valence-corrected chi connectivity index (χ3v) is 8.14. The van der Waals surface area contributed by atoms with Gasteiger partial charge >= 0.3 is 0 Å². The first-order valence-electron chi connectivity index (χ1n) is 12.6. The lowest BCUT2D eigenvalue weighted by Gasteiger charge is -2.17. The van der Waals surface area contributed by atoms with Crippen LogP contribution in [-0.2, 0) is 29.4 Å². The standard InChI is InChI=1S/C29H29N5O3S/c1-2-20-7-12-24(13-8-20)38(36,37)34-27-14-10-22-9-11-23(17-26(22)27)33-28-25(6-4-16-31-28)29(35)32-19-21-5-3-15-30-18-21/h3-9,11-13,15-18,27,34H,2,10,14,19H2,1H3,(H,31,33)(H,32,35). The molecule has 0 radical (unpaired) electrons. The summed E-state index contributed by atoms with van der Waals surface area (Å²) in [6.45, 7) is 2.38. The molecule has 2 heterocycles. The van der Waals surface area contributed by atoms with Gasteiger partial charge in [-0.1, -0.05) is 31.2 Å². The predicted octanol–water partition coefficient (Wildman–Crippen LogP) is 4.68. The Hall–Kier alpha value is -4.08. The average Bonchev–Trinajstić information content (AvgIpc) is 3.33. The third-order valence-electron chi connectivity index (χ3n) is 6.65. The summed E-state index contributed by atoms with van der Waals surface area (Å²) in [6.07, 6.45) is 7.32. The van der Waals surface area contributed by atoms with E-state index in [2.05, 4.69) is 25.3 Å². The van der Waals surface area contributed by atoms with Gasteiger partial charge in [0.05, 0.1) is 10.5 Å². The highest BCUT2D eigenvalue weighted by molar-refractivity contribution is 7.89. The van der Waals surface area contributed by atoms with E-state index in [0.29, 0.717) is 24.3 Å². The van der Waals surface area contributed by atoms with Gasteiger partial charge in [-0.2, -0.15) is 0 Å². The summed E-state index contributed by atoms with van der Waals surface area (Å²) in [7, 11) is -3.67. The quantitative estimate of drug-likeness (QED) is 0.291. The van der Waals surface area contributed by atoms with Crippen LogP contribution < -0.4 is 15.4 Å². The van der Waals surface area contributed by atoms with Crippen molar-refractivity contribution in [1.29, 1.82) is 0 Å². The fourth-order valence-electron chi connectivity index (χ4n) is 4.57. The molecule has 9 heteroatoms. The fraction of sp³-hybridized carbons (Fsp3) is 0.207. The van der Waals surface area contributed by atoms with Crippen LogP contribution in [0.3, 0.4) is 0 Å². The van der Waals surface area contributed by atoms with Gasteiger partial charge in [0, 0.05) is 36.9 Å². The fourth-order valence-corrected chi connectivity index (χ4v) is 5.82. The number of hydrogen-bond donors (Lipinski definition) is 3. The van der Waals surface area contributed by atoms with Gasteiger partial charge in [-0.15, -0.1) is 0 Å². The molecule has 8 nitrogen and oxygen atoms in total. The molecule has 194 valence electrons. The number of nitrogens with one attached hydrogen (secondary N) is 3. The number of hydrogen-bond acceptors (Lipinski definition) is 6. The number of fused-ring (bicyclic) bond motifs is 1.